The van der Waals surface area contributed by atoms with Crippen LogP contribution >= 0.6 is 0 Å². The van der Waals surface area contributed by atoms with Crippen molar-refractivity contribution in [2.75, 3.05) is 5.75 Å². The third kappa shape index (κ3) is 21.8. The van der Waals surface area contributed by atoms with E-state index in [2.05, 4.69) is 12.2 Å². The number of nitrogens with two attached hydrogens (primary N) is 1. The summed E-state index contributed by atoms with van der Waals surface area (Å²) in [4.78, 5) is 8.25. The molecule has 2 rings (SSSR count). The van der Waals surface area contributed by atoms with Crippen LogP contribution < -0.4 is 5.32 Å². The van der Waals surface area contributed by atoms with Crippen LogP contribution in [0.1, 0.15) is 116 Å². The summed E-state index contributed by atoms with van der Waals surface area (Å²) in [6.07, 6.45) is 22.4. The zero-order valence-electron chi connectivity index (χ0n) is 18.8. The number of hydrogen-bond donors (Lipinski definition) is 2. The van der Waals surface area contributed by atoms with Crippen LogP contribution in [0.4, 0.5) is 0 Å². The Hall–Kier alpha value is -0.930. The van der Waals surface area contributed by atoms with Gasteiger partial charge in [-0.3, -0.25) is 4.55 Å². The van der Waals surface area contributed by atoms with Gasteiger partial charge in [0.05, 0.1) is 22.9 Å². The van der Waals surface area contributed by atoms with Crippen LogP contribution in [-0.4, -0.2) is 35.9 Å². The maximum atomic E-state index is 10.3. The van der Waals surface area contributed by atoms with E-state index in [9.17, 15) is 8.42 Å². The van der Waals surface area contributed by atoms with Gasteiger partial charge in [0.15, 0.2) is 0 Å². The molecule has 0 radical (unpaired) electrons. The second-order valence-corrected chi connectivity index (χ2v) is 10.2. The molecule has 2 aliphatic rings. The Morgan fingerprint density at radius 2 is 1.17 bits per heavy atom. The molecule has 0 atom stereocenters. The number of unbranched alkanes of at least 4 members (excludes halogenated alkanes) is 6. The third-order valence-electron chi connectivity index (χ3n) is 5.85. The summed E-state index contributed by atoms with van der Waals surface area (Å²) in [5.74, 6) is -0.0826. The molecule has 180 valence electrons. The van der Waals surface area contributed by atoms with E-state index in [1.807, 2.05) is 0 Å². The Morgan fingerprint density at radius 1 is 0.800 bits per heavy atom. The van der Waals surface area contributed by atoms with Crippen molar-refractivity contribution >= 4 is 10.1 Å². The van der Waals surface area contributed by atoms with Crippen LogP contribution in [0.25, 0.3) is 0 Å². The van der Waals surface area contributed by atoms with E-state index in [-0.39, 0.29) is 5.75 Å². The predicted octanol–water partition coefficient (Wildman–Crippen LogP) is 4.60. The fourth-order valence-corrected chi connectivity index (χ4v) is 4.85. The van der Waals surface area contributed by atoms with Gasteiger partial charge in [-0.1, -0.05) is 58.3 Å². The highest BCUT2D eigenvalue weighted by molar-refractivity contribution is 7.85. The topological polar surface area (TPSA) is 137 Å². The van der Waals surface area contributed by atoms with Gasteiger partial charge in [-0.15, -0.1) is 0 Å². The molecule has 0 saturated heterocycles. The van der Waals surface area contributed by atoms with E-state index in [0.29, 0.717) is 6.42 Å². The molecule has 2 fully saturated rings. The zero-order chi connectivity index (χ0) is 22.7. The van der Waals surface area contributed by atoms with Crippen molar-refractivity contribution in [3.63, 3.8) is 0 Å². The average Bonchev–Trinajstić information content (AvgIpc) is 2.68. The first-order valence-electron chi connectivity index (χ1n) is 11.9. The van der Waals surface area contributed by atoms with Crippen LogP contribution in [0, 0.1) is 15.3 Å². The Bertz CT molecular complexity index is 484. The van der Waals surface area contributed by atoms with Gasteiger partial charge in [-0.25, -0.2) is 0 Å². The van der Waals surface area contributed by atoms with Crippen molar-refractivity contribution in [1.82, 2.24) is 0 Å². The predicted molar refractivity (Wildman–Crippen MR) is 120 cm³/mol. The summed E-state index contributed by atoms with van der Waals surface area (Å²) in [5.41, 5.74) is 0. The lowest BCUT2D eigenvalue weighted by atomic mass is 9.91. The SMILES string of the molecule is C1CCC([NH2+]C2CCCCC2)CC1.CCCCCCCCCS(=O)(=O)O.O=[N+]([O-])[O-]. The van der Waals surface area contributed by atoms with Gasteiger partial charge in [0.25, 0.3) is 10.1 Å². The summed E-state index contributed by atoms with van der Waals surface area (Å²) < 4.78 is 29.1. The minimum absolute atomic E-state index is 0.0826. The lowest BCUT2D eigenvalue weighted by molar-refractivity contribution is -0.725. The van der Waals surface area contributed by atoms with Crippen LogP contribution in [0.3, 0.4) is 0 Å². The minimum atomic E-state index is -3.72. The molecular weight excluding hydrogens is 408 g/mol. The Kier molecular flexibility index (Phi) is 18.2. The Labute approximate surface area is 183 Å². The second kappa shape index (κ2) is 18.8. The first-order valence-corrected chi connectivity index (χ1v) is 13.5. The highest BCUT2D eigenvalue weighted by atomic mass is 32.2. The van der Waals surface area contributed by atoms with Gasteiger partial charge in [0, 0.05) is 0 Å². The van der Waals surface area contributed by atoms with Crippen molar-refractivity contribution in [3.05, 3.63) is 15.3 Å². The lowest BCUT2D eigenvalue weighted by Gasteiger charge is -2.27. The summed E-state index contributed by atoms with van der Waals surface area (Å²) in [6, 6.07) is 1.99. The van der Waals surface area contributed by atoms with Crippen molar-refractivity contribution in [3.8, 4) is 0 Å². The fourth-order valence-electron chi connectivity index (χ4n) is 4.28. The molecule has 2 saturated carbocycles. The van der Waals surface area contributed by atoms with Gasteiger partial charge in [0.2, 0.25) is 0 Å². The highest BCUT2D eigenvalue weighted by Gasteiger charge is 2.22. The van der Waals surface area contributed by atoms with Crippen molar-refractivity contribution < 1.29 is 23.4 Å². The zero-order valence-corrected chi connectivity index (χ0v) is 19.6. The van der Waals surface area contributed by atoms with Crippen molar-refractivity contribution in [2.24, 2.45) is 0 Å². The maximum absolute atomic E-state index is 10.3. The minimum Gasteiger partial charge on any atom is -0.356 e. The van der Waals surface area contributed by atoms with E-state index in [4.69, 9.17) is 19.9 Å². The van der Waals surface area contributed by atoms with E-state index in [1.165, 1.54) is 89.9 Å². The lowest BCUT2D eigenvalue weighted by Crippen LogP contribution is -2.95. The maximum Gasteiger partial charge on any atom is 0.264 e. The van der Waals surface area contributed by atoms with E-state index in [0.717, 1.165) is 24.9 Å². The number of rotatable bonds is 10. The molecular formula is C21H44N2O6S. The monoisotopic (exact) mass is 452 g/mol. The molecule has 8 nitrogen and oxygen atoms in total. The molecule has 0 amide bonds. The standard InChI is InChI=1S/C12H23N.C9H20O3S.NO3/c1-3-7-11(8-4-1)13-12-9-5-2-6-10-12;1-2-3-4-5-6-7-8-9-13(10,11)12;2-1(3)4/h11-13H,1-10H2;2-9H2,1H3,(H,10,11,12);/q;;-1/p+1. The molecule has 30 heavy (non-hydrogen) atoms. The van der Waals surface area contributed by atoms with Gasteiger partial charge < -0.3 is 20.6 Å². The van der Waals surface area contributed by atoms with Crippen molar-refractivity contribution in [2.45, 2.75) is 128 Å². The van der Waals surface area contributed by atoms with Crippen LogP contribution in [0.2, 0.25) is 0 Å². The number of quaternary nitrogens is 1. The Balaban J connectivity index is 0.000000477. The molecule has 0 bridgehead atoms. The van der Waals surface area contributed by atoms with Gasteiger partial charge in [0.1, 0.15) is 0 Å². The number of nitrogens with zero attached hydrogens (tertiary/aromatic N) is 1. The highest BCUT2D eigenvalue weighted by Crippen LogP contribution is 2.18. The summed E-state index contributed by atoms with van der Waals surface area (Å²) >= 11 is 0. The van der Waals surface area contributed by atoms with Crippen molar-refractivity contribution in [1.29, 1.82) is 0 Å². The van der Waals surface area contributed by atoms with Crippen LogP contribution in [0.15, 0.2) is 0 Å². The normalized spacial score (nSPS) is 17.9. The van der Waals surface area contributed by atoms with Gasteiger partial charge in [-0.2, -0.15) is 8.42 Å². The van der Waals surface area contributed by atoms with Crippen LogP contribution in [0.5, 0.6) is 0 Å². The molecule has 0 aromatic carbocycles. The van der Waals surface area contributed by atoms with E-state index < -0.39 is 15.2 Å². The molecule has 0 unspecified atom stereocenters. The first-order chi connectivity index (χ1) is 14.2. The molecule has 0 spiro atoms. The smallest absolute Gasteiger partial charge is 0.264 e. The van der Waals surface area contributed by atoms with E-state index >= 15 is 0 Å². The molecule has 0 heterocycles. The van der Waals surface area contributed by atoms with Gasteiger partial charge in [-0.05, 0) is 57.8 Å². The number of hydrogen-bond acceptors (Lipinski definition) is 5. The van der Waals surface area contributed by atoms with Crippen LogP contribution in [-0.2, 0) is 10.1 Å². The largest absolute Gasteiger partial charge is 0.356 e. The summed E-state index contributed by atoms with van der Waals surface area (Å²) in [6.45, 7) is 2.17. The molecule has 0 aromatic heterocycles. The average molecular weight is 453 g/mol. The summed E-state index contributed by atoms with van der Waals surface area (Å²) in [5, 5.41) is 17.5. The molecule has 0 aromatic rings. The second-order valence-electron chi connectivity index (χ2n) is 8.62. The van der Waals surface area contributed by atoms with E-state index in [1.54, 1.807) is 0 Å². The molecule has 9 heteroatoms. The first kappa shape index (κ1) is 29.1. The molecule has 0 aliphatic heterocycles. The van der Waals surface area contributed by atoms with Gasteiger partial charge >= 0.3 is 0 Å². The quantitative estimate of drug-likeness (QED) is 0.215. The molecule has 3 N–H and O–H groups in total. The summed E-state index contributed by atoms with van der Waals surface area (Å²) in [7, 11) is -3.72. The fraction of sp³-hybridized carbons (Fsp3) is 1.00. The molecule has 2 aliphatic carbocycles. The third-order valence-corrected chi connectivity index (χ3v) is 6.65. The Morgan fingerprint density at radius 3 is 1.53 bits per heavy atom.